The van der Waals surface area contributed by atoms with Crippen LogP contribution in [0.15, 0.2) is 24.8 Å². The number of rotatable bonds is 3. The van der Waals surface area contributed by atoms with Crippen LogP contribution in [0.5, 0.6) is 0 Å². The highest BCUT2D eigenvalue weighted by Crippen LogP contribution is 2.17. The molecule has 5 nitrogen and oxygen atoms in total. The summed E-state index contributed by atoms with van der Waals surface area (Å²) >= 11 is 0. The first-order valence-corrected chi connectivity index (χ1v) is 5.14. The molecule has 82 valence electrons. The number of aryl methyl sites for hydroxylation is 1. The van der Waals surface area contributed by atoms with E-state index in [0.29, 0.717) is 0 Å². The topological polar surface area (TPSA) is 63.6 Å². The molecule has 0 radical (unpaired) electrons. The van der Waals surface area contributed by atoms with E-state index < -0.39 is 0 Å². The molecule has 0 bridgehead atoms. The Balaban J connectivity index is 2.48. The molecule has 2 aromatic rings. The van der Waals surface area contributed by atoms with Crippen LogP contribution in [0.3, 0.4) is 0 Å². The van der Waals surface area contributed by atoms with Crippen LogP contribution in [0, 0.1) is 0 Å². The minimum atomic E-state index is 0.802. The highest BCUT2D eigenvalue weighted by Gasteiger charge is 2.04. The van der Waals surface area contributed by atoms with E-state index in [1.807, 2.05) is 20.0 Å². The van der Waals surface area contributed by atoms with Crippen LogP contribution in [-0.2, 0) is 6.42 Å². The summed E-state index contributed by atoms with van der Waals surface area (Å²) in [4.78, 5) is 16.7. The molecule has 0 saturated carbocycles. The van der Waals surface area contributed by atoms with Crippen LogP contribution < -0.4 is 5.32 Å². The van der Waals surface area contributed by atoms with Gasteiger partial charge >= 0.3 is 0 Å². The van der Waals surface area contributed by atoms with Crippen molar-refractivity contribution in [1.82, 2.24) is 19.9 Å². The van der Waals surface area contributed by atoms with Crippen molar-refractivity contribution in [2.24, 2.45) is 0 Å². The normalized spacial score (nSPS) is 10.1. The van der Waals surface area contributed by atoms with Crippen molar-refractivity contribution >= 4 is 5.82 Å². The van der Waals surface area contributed by atoms with Gasteiger partial charge in [0.05, 0.1) is 5.69 Å². The van der Waals surface area contributed by atoms with Crippen molar-refractivity contribution in [2.75, 3.05) is 12.4 Å². The van der Waals surface area contributed by atoms with E-state index in [-0.39, 0.29) is 0 Å². The van der Waals surface area contributed by atoms with E-state index >= 15 is 0 Å². The van der Waals surface area contributed by atoms with Crippen molar-refractivity contribution in [2.45, 2.75) is 13.3 Å². The first kappa shape index (κ1) is 10.5. The molecule has 2 aromatic heterocycles. The summed E-state index contributed by atoms with van der Waals surface area (Å²) in [6.07, 6.45) is 5.79. The lowest BCUT2D eigenvalue weighted by molar-refractivity contribution is 0.943. The molecule has 0 atom stereocenters. The third-order valence-corrected chi connectivity index (χ3v) is 2.20. The minimum Gasteiger partial charge on any atom is -0.373 e. The lowest BCUT2D eigenvalue weighted by Crippen LogP contribution is -2.00. The van der Waals surface area contributed by atoms with Gasteiger partial charge in [0.25, 0.3) is 0 Å². The highest BCUT2D eigenvalue weighted by molar-refractivity contribution is 5.60. The van der Waals surface area contributed by atoms with Crippen LogP contribution in [0.1, 0.15) is 12.7 Å². The van der Waals surface area contributed by atoms with Gasteiger partial charge in [-0.15, -0.1) is 0 Å². The second-order valence-corrected chi connectivity index (χ2v) is 3.29. The number of nitrogens with zero attached hydrogens (tertiary/aromatic N) is 4. The maximum atomic E-state index is 4.44. The molecule has 0 aliphatic carbocycles. The zero-order chi connectivity index (χ0) is 11.4. The van der Waals surface area contributed by atoms with Crippen LogP contribution in [0.25, 0.3) is 11.3 Å². The van der Waals surface area contributed by atoms with Crippen molar-refractivity contribution in [3.63, 3.8) is 0 Å². The lowest BCUT2D eigenvalue weighted by Gasteiger charge is -2.05. The Morgan fingerprint density at radius 3 is 2.56 bits per heavy atom. The zero-order valence-corrected chi connectivity index (χ0v) is 9.31. The Labute approximate surface area is 94.0 Å². The number of hydrogen-bond acceptors (Lipinski definition) is 5. The van der Waals surface area contributed by atoms with Gasteiger partial charge in [0.15, 0.2) is 0 Å². The Morgan fingerprint density at radius 2 is 1.94 bits per heavy atom. The molecular formula is C11H13N5. The smallest absolute Gasteiger partial charge is 0.131 e. The first-order chi connectivity index (χ1) is 7.83. The highest BCUT2D eigenvalue weighted by atomic mass is 15.0. The second-order valence-electron chi connectivity index (χ2n) is 3.29. The van der Waals surface area contributed by atoms with Gasteiger partial charge in [-0.25, -0.2) is 19.9 Å². The SMILES string of the molecule is CCc1nc(NC)cc(-c2cncnc2)n1. The fourth-order valence-electron chi connectivity index (χ4n) is 1.36. The van der Waals surface area contributed by atoms with Crippen molar-refractivity contribution < 1.29 is 0 Å². The summed E-state index contributed by atoms with van der Waals surface area (Å²) in [6.45, 7) is 2.03. The van der Waals surface area contributed by atoms with Gasteiger partial charge in [0.1, 0.15) is 18.0 Å². The number of nitrogens with one attached hydrogen (secondary N) is 1. The van der Waals surface area contributed by atoms with Crippen molar-refractivity contribution in [3.8, 4) is 11.3 Å². The van der Waals surface area contributed by atoms with Crippen molar-refractivity contribution in [3.05, 3.63) is 30.6 Å². The van der Waals surface area contributed by atoms with Gasteiger partial charge in [0.2, 0.25) is 0 Å². The molecule has 5 heteroatoms. The average molecular weight is 215 g/mol. The molecule has 0 spiro atoms. The Bertz CT molecular complexity index is 447. The Hall–Kier alpha value is -2.04. The van der Waals surface area contributed by atoms with Gasteiger partial charge < -0.3 is 5.32 Å². The van der Waals surface area contributed by atoms with E-state index in [1.165, 1.54) is 6.33 Å². The number of anilines is 1. The molecule has 0 fully saturated rings. The maximum absolute atomic E-state index is 4.44. The summed E-state index contributed by atoms with van der Waals surface area (Å²) in [5.41, 5.74) is 1.74. The Kier molecular flexibility index (Phi) is 3.05. The van der Waals surface area contributed by atoms with E-state index in [4.69, 9.17) is 0 Å². The van der Waals surface area contributed by atoms with E-state index in [9.17, 15) is 0 Å². The molecule has 0 amide bonds. The number of aromatic nitrogens is 4. The molecule has 0 aromatic carbocycles. The van der Waals surface area contributed by atoms with E-state index in [2.05, 4.69) is 25.3 Å². The van der Waals surface area contributed by atoms with Crippen molar-refractivity contribution in [1.29, 1.82) is 0 Å². The standard InChI is InChI=1S/C11H13N5/c1-3-10-15-9(4-11(12-2)16-10)8-5-13-7-14-6-8/h4-7H,3H2,1-2H3,(H,12,15,16). The number of hydrogen-bond donors (Lipinski definition) is 1. The molecule has 1 N–H and O–H groups in total. The van der Waals surface area contributed by atoms with Crippen LogP contribution >= 0.6 is 0 Å². The summed E-state index contributed by atoms with van der Waals surface area (Å²) in [7, 11) is 1.84. The third-order valence-electron chi connectivity index (χ3n) is 2.20. The molecular weight excluding hydrogens is 202 g/mol. The monoisotopic (exact) mass is 215 g/mol. The largest absolute Gasteiger partial charge is 0.373 e. The minimum absolute atomic E-state index is 0.802. The summed E-state index contributed by atoms with van der Waals surface area (Å²) in [6, 6.07) is 1.89. The van der Waals surface area contributed by atoms with Crippen LogP contribution in [0.4, 0.5) is 5.82 Å². The van der Waals surface area contributed by atoms with Gasteiger partial charge in [0, 0.05) is 37.5 Å². The fraction of sp³-hybridized carbons (Fsp3) is 0.273. The van der Waals surface area contributed by atoms with Crippen LogP contribution in [0.2, 0.25) is 0 Å². The van der Waals surface area contributed by atoms with Gasteiger partial charge in [-0.1, -0.05) is 6.92 Å². The molecule has 16 heavy (non-hydrogen) atoms. The van der Waals surface area contributed by atoms with E-state index in [0.717, 1.165) is 29.3 Å². The summed E-state index contributed by atoms with van der Waals surface area (Å²) in [5, 5.41) is 3.02. The van der Waals surface area contributed by atoms with Crippen LogP contribution in [-0.4, -0.2) is 27.0 Å². The average Bonchev–Trinajstić information content (AvgIpc) is 2.39. The predicted octanol–water partition coefficient (Wildman–Crippen LogP) is 1.54. The molecule has 2 rings (SSSR count). The molecule has 0 saturated heterocycles. The third kappa shape index (κ3) is 2.13. The summed E-state index contributed by atoms with van der Waals surface area (Å²) in [5.74, 6) is 1.62. The second kappa shape index (κ2) is 4.65. The maximum Gasteiger partial charge on any atom is 0.131 e. The molecule has 0 aliphatic rings. The quantitative estimate of drug-likeness (QED) is 0.841. The van der Waals surface area contributed by atoms with Gasteiger partial charge in [-0.05, 0) is 0 Å². The fourth-order valence-corrected chi connectivity index (χ4v) is 1.36. The van der Waals surface area contributed by atoms with E-state index in [1.54, 1.807) is 12.4 Å². The first-order valence-electron chi connectivity index (χ1n) is 5.14. The predicted molar refractivity (Wildman–Crippen MR) is 62.0 cm³/mol. The molecule has 0 aliphatic heterocycles. The molecule has 0 unspecified atom stereocenters. The summed E-state index contributed by atoms with van der Waals surface area (Å²) < 4.78 is 0. The van der Waals surface area contributed by atoms with Gasteiger partial charge in [-0.3, -0.25) is 0 Å². The van der Waals surface area contributed by atoms with Gasteiger partial charge in [-0.2, -0.15) is 0 Å². The Morgan fingerprint density at radius 1 is 1.19 bits per heavy atom. The molecule has 2 heterocycles. The zero-order valence-electron chi connectivity index (χ0n) is 9.31. The lowest BCUT2D eigenvalue weighted by atomic mass is 10.2.